The van der Waals surface area contributed by atoms with Crippen molar-refractivity contribution in [2.75, 3.05) is 19.0 Å². The summed E-state index contributed by atoms with van der Waals surface area (Å²) in [6.45, 7) is 0.123. The van der Waals surface area contributed by atoms with Crippen molar-refractivity contribution >= 4 is 11.6 Å². The zero-order valence-corrected chi connectivity index (χ0v) is 10.5. The Morgan fingerprint density at radius 2 is 2.11 bits per heavy atom. The summed E-state index contributed by atoms with van der Waals surface area (Å²) >= 11 is 0. The highest BCUT2D eigenvalue weighted by Crippen LogP contribution is 2.25. The molecule has 5 heteroatoms. The molecule has 1 aromatic heterocycles. The summed E-state index contributed by atoms with van der Waals surface area (Å²) in [7, 11) is 1.52. The first-order chi connectivity index (χ1) is 9.33. The molecule has 0 fully saturated rings. The second kappa shape index (κ2) is 6.26. The fourth-order valence-corrected chi connectivity index (χ4v) is 1.42. The standard InChI is InChI=1S/C14H13N3O2/c1-3-9-19-13-12(18-2)10-15-14(17-13)16-11-7-5-4-6-8-11/h1,4-8,10H,9H2,2H3,(H,15,16,17). The quantitative estimate of drug-likeness (QED) is 0.830. The molecule has 0 atom stereocenters. The van der Waals surface area contributed by atoms with Gasteiger partial charge in [0.2, 0.25) is 5.95 Å². The molecule has 96 valence electrons. The van der Waals surface area contributed by atoms with Crippen LogP contribution in [0.5, 0.6) is 11.6 Å². The summed E-state index contributed by atoms with van der Waals surface area (Å²) in [5.74, 6) is 3.55. The zero-order chi connectivity index (χ0) is 13.5. The second-order valence-electron chi connectivity index (χ2n) is 3.55. The van der Waals surface area contributed by atoms with Crippen molar-refractivity contribution in [2.45, 2.75) is 0 Å². The van der Waals surface area contributed by atoms with Gasteiger partial charge in [0, 0.05) is 5.69 Å². The van der Waals surface area contributed by atoms with Gasteiger partial charge in [-0.05, 0) is 12.1 Å². The fraction of sp³-hybridized carbons (Fsp3) is 0.143. The minimum Gasteiger partial charge on any atom is -0.490 e. The summed E-state index contributed by atoms with van der Waals surface area (Å²) in [4.78, 5) is 8.35. The average Bonchev–Trinajstić information content (AvgIpc) is 2.46. The molecule has 0 saturated carbocycles. The maximum atomic E-state index is 5.30. The van der Waals surface area contributed by atoms with E-state index in [0.717, 1.165) is 5.69 Å². The van der Waals surface area contributed by atoms with Crippen molar-refractivity contribution in [1.29, 1.82) is 0 Å². The van der Waals surface area contributed by atoms with Crippen LogP contribution in [0.25, 0.3) is 0 Å². The van der Waals surface area contributed by atoms with Crippen molar-refractivity contribution < 1.29 is 9.47 Å². The number of hydrogen-bond donors (Lipinski definition) is 1. The van der Waals surface area contributed by atoms with E-state index in [0.29, 0.717) is 17.6 Å². The Bertz CT molecular complexity index is 579. The molecule has 5 nitrogen and oxygen atoms in total. The third-order valence-electron chi connectivity index (χ3n) is 2.26. The number of aromatic nitrogens is 2. The molecule has 2 aromatic rings. The van der Waals surface area contributed by atoms with Crippen molar-refractivity contribution in [1.82, 2.24) is 9.97 Å². The van der Waals surface area contributed by atoms with Crippen LogP contribution in [-0.2, 0) is 0 Å². The van der Waals surface area contributed by atoms with Gasteiger partial charge in [-0.1, -0.05) is 24.1 Å². The topological polar surface area (TPSA) is 56.3 Å². The van der Waals surface area contributed by atoms with E-state index in [1.165, 1.54) is 13.3 Å². The Morgan fingerprint density at radius 3 is 2.79 bits per heavy atom. The Hall–Kier alpha value is -2.74. The van der Waals surface area contributed by atoms with Crippen molar-refractivity contribution in [3.63, 3.8) is 0 Å². The first kappa shape index (κ1) is 12.7. The summed E-state index contributed by atoms with van der Waals surface area (Å²) in [5, 5.41) is 3.06. The summed E-state index contributed by atoms with van der Waals surface area (Å²) in [6, 6.07) is 9.59. The predicted octanol–water partition coefficient (Wildman–Crippen LogP) is 2.24. The van der Waals surface area contributed by atoms with Crippen LogP contribution in [0.3, 0.4) is 0 Å². The molecule has 0 radical (unpaired) electrons. The Morgan fingerprint density at radius 1 is 1.32 bits per heavy atom. The molecule has 0 saturated heterocycles. The van der Waals surface area contributed by atoms with Gasteiger partial charge >= 0.3 is 0 Å². The van der Waals surface area contributed by atoms with Crippen molar-refractivity contribution in [3.8, 4) is 24.0 Å². The minimum atomic E-state index is 0.123. The maximum absolute atomic E-state index is 5.30. The van der Waals surface area contributed by atoms with Crippen LogP contribution >= 0.6 is 0 Å². The van der Waals surface area contributed by atoms with Crippen LogP contribution in [0.4, 0.5) is 11.6 Å². The van der Waals surface area contributed by atoms with E-state index in [1.807, 2.05) is 30.3 Å². The number of methoxy groups -OCH3 is 1. The summed E-state index contributed by atoms with van der Waals surface area (Å²) in [5.41, 5.74) is 0.885. The van der Waals surface area contributed by atoms with E-state index in [1.54, 1.807) is 0 Å². The Labute approximate surface area is 111 Å². The largest absolute Gasteiger partial charge is 0.490 e. The van der Waals surface area contributed by atoms with Gasteiger partial charge in [0.25, 0.3) is 5.88 Å². The van der Waals surface area contributed by atoms with Gasteiger partial charge in [0.1, 0.15) is 0 Å². The first-order valence-corrected chi connectivity index (χ1v) is 5.63. The van der Waals surface area contributed by atoms with Crippen LogP contribution in [-0.4, -0.2) is 23.7 Å². The number of anilines is 2. The van der Waals surface area contributed by atoms with E-state index >= 15 is 0 Å². The van der Waals surface area contributed by atoms with Gasteiger partial charge in [0.05, 0.1) is 13.3 Å². The predicted molar refractivity (Wildman–Crippen MR) is 72.6 cm³/mol. The van der Waals surface area contributed by atoms with E-state index in [-0.39, 0.29) is 6.61 Å². The molecule has 19 heavy (non-hydrogen) atoms. The molecular formula is C14H13N3O2. The van der Waals surface area contributed by atoms with Crippen LogP contribution in [0.1, 0.15) is 0 Å². The SMILES string of the molecule is C#CCOc1nc(Nc2ccccc2)ncc1OC. The Kier molecular flexibility index (Phi) is 4.19. The second-order valence-corrected chi connectivity index (χ2v) is 3.55. The molecule has 1 heterocycles. The van der Waals surface area contributed by atoms with Gasteiger partial charge in [-0.3, -0.25) is 0 Å². The van der Waals surface area contributed by atoms with Crippen LogP contribution < -0.4 is 14.8 Å². The Balaban J connectivity index is 2.20. The molecule has 1 aromatic carbocycles. The van der Waals surface area contributed by atoms with Gasteiger partial charge in [0.15, 0.2) is 12.4 Å². The van der Waals surface area contributed by atoms with Crippen LogP contribution in [0, 0.1) is 12.3 Å². The number of ether oxygens (including phenoxy) is 2. The number of terminal acetylenes is 1. The van der Waals surface area contributed by atoms with Gasteiger partial charge in [-0.25, -0.2) is 4.98 Å². The molecule has 0 amide bonds. The molecule has 0 aliphatic carbocycles. The van der Waals surface area contributed by atoms with Crippen LogP contribution in [0.2, 0.25) is 0 Å². The first-order valence-electron chi connectivity index (χ1n) is 5.63. The molecule has 1 N–H and O–H groups in total. The van der Waals surface area contributed by atoms with Gasteiger partial charge < -0.3 is 14.8 Å². The van der Waals surface area contributed by atoms with Crippen molar-refractivity contribution in [3.05, 3.63) is 36.5 Å². The lowest BCUT2D eigenvalue weighted by Crippen LogP contribution is -2.03. The highest BCUT2D eigenvalue weighted by molar-refractivity contribution is 5.53. The number of nitrogens with one attached hydrogen (secondary N) is 1. The lowest BCUT2D eigenvalue weighted by Gasteiger charge is -2.09. The summed E-state index contributed by atoms with van der Waals surface area (Å²) in [6.07, 6.45) is 6.69. The minimum absolute atomic E-state index is 0.123. The fourth-order valence-electron chi connectivity index (χ4n) is 1.42. The molecule has 0 unspecified atom stereocenters. The normalized spacial score (nSPS) is 9.47. The number of para-hydroxylation sites is 1. The highest BCUT2D eigenvalue weighted by Gasteiger charge is 2.08. The summed E-state index contributed by atoms with van der Waals surface area (Å²) < 4.78 is 10.4. The monoisotopic (exact) mass is 255 g/mol. The highest BCUT2D eigenvalue weighted by atomic mass is 16.5. The smallest absolute Gasteiger partial charge is 0.262 e. The van der Waals surface area contributed by atoms with E-state index in [2.05, 4.69) is 21.2 Å². The number of benzene rings is 1. The zero-order valence-electron chi connectivity index (χ0n) is 10.5. The van der Waals surface area contributed by atoms with E-state index in [4.69, 9.17) is 15.9 Å². The third-order valence-corrected chi connectivity index (χ3v) is 2.26. The van der Waals surface area contributed by atoms with Crippen molar-refractivity contribution in [2.24, 2.45) is 0 Å². The lowest BCUT2D eigenvalue weighted by atomic mass is 10.3. The maximum Gasteiger partial charge on any atom is 0.262 e. The third kappa shape index (κ3) is 3.36. The number of hydrogen-bond acceptors (Lipinski definition) is 5. The van der Waals surface area contributed by atoms with Gasteiger partial charge in [-0.2, -0.15) is 4.98 Å². The van der Waals surface area contributed by atoms with E-state index < -0.39 is 0 Å². The van der Waals surface area contributed by atoms with Crippen LogP contribution in [0.15, 0.2) is 36.5 Å². The molecule has 0 aliphatic rings. The molecular weight excluding hydrogens is 242 g/mol. The molecule has 0 aliphatic heterocycles. The van der Waals surface area contributed by atoms with Gasteiger partial charge in [-0.15, -0.1) is 6.42 Å². The van der Waals surface area contributed by atoms with E-state index in [9.17, 15) is 0 Å². The molecule has 0 spiro atoms. The molecule has 2 rings (SSSR count). The average molecular weight is 255 g/mol. The number of rotatable bonds is 5. The lowest BCUT2D eigenvalue weighted by molar-refractivity contribution is 0.317. The number of nitrogens with zero attached hydrogens (tertiary/aromatic N) is 2. The molecule has 0 bridgehead atoms.